The molecule has 0 spiro atoms. The van der Waals surface area contributed by atoms with E-state index >= 15 is 0 Å². The van der Waals surface area contributed by atoms with Gasteiger partial charge in [-0.1, -0.05) is 18.2 Å². The van der Waals surface area contributed by atoms with E-state index in [9.17, 15) is 13.2 Å². The van der Waals surface area contributed by atoms with Gasteiger partial charge >= 0.3 is 0 Å². The second-order valence-corrected chi connectivity index (χ2v) is 7.88. The summed E-state index contributed by atoms with van der Waals surface area (Å²) >= 11 is 0. The lowest BCUT2D eigenvalue weighted by atomic mass is 10.2. The zero-order valence-corrected chi connectivity index (χ0v) is 15.9. The van der Waals surface area contributed by atoms with Gasteiger partial charge in [-0.2, -0.15) is 0 Å². The molecule has 1 atom stereocenters. The maximum Gasteiger partial charge on any atom is 0.269 e. The molecular weight excluding hydrogens is 394 g/mol. The van der Waals surface area contributed by atoms with E-state index in [0.717, 1.165) is 0 Å². The number of nitrogens with one attached hydrogen (secondary N) is 2. The lowest BCUT2D eigenvalue weighted by Crippen LogP contribution is -2.40. The van der Waals surface area contributed by atoms with Crippen LogP contribution in [0.5, 0.6) is 11.5 Å². The highest BCUT2D eigenvalue weighted by molar-refractivity contribution is 7.92. The van der Waals surface area contributed by atoms with Crippen molar-refractivity contribution in [1.29, 1.82) is 0 Å². The lowest BCUT2D eigenvalue weighted by molar-refractivity contribution is -0.125. The number of amides is 1. The lowest BCUT2D eigenvalue weighted by Gasteiger charge is -2.25. The number of aromatic nitrogens is 1. The SMILES string of the molecule is O=C(Nc1ccc(S(=O)(=O)Nc2ccccn2)cc1)C1COc2ccccc2O1. The maximum absolute atomic E-state index is 12.4. The molecule has 2 N–H and O–H groups in total. The molecule has 148 valence electrons. The van der Waals surface area contributed by atoms with E-state index in [-0.39, 0.29) is 23.2 Å². The van der Waals surface area contributed by atoms with Crippen molar-refractivity contribution in [2.45, 2.75) is 11.0 Å². The fraction of sp³-hybridized carbons (Fsp3) is 0.100. The molecule has 3 aromatic rings. The first kappa shape index (κ1) is 18.8. The molecule has 0 aliphatic carbocycles. The number of carbonyl (C=O) groups excluding carboxylic acids is 1. The predicted molar refractivity (Wildman–Crippen MR) is 106 cm³/mol. The number of para-hydroxylation sites is 2. The Morgan fingerprint density at radius 1 is 0.966 bits per heavy atom. The van der Waals surface area contributed by atoms with Gasteiger partial charge in [0.2, 0.25) is 6.10 Å². The van der Waals surface area contributed by atoms with Gasteiger partial charge in [0.05, 0.1) is 4.90 Å². The Balaban J connectivity index is 1.41. The third kappa shape index (κ3) is 4.30. The van der Waals surface area contributed by atoms with E-state index in [1.165, 1.54) is 30.5 Å². The molecule has 1 unspecified atom stereocenters. The number of nitrogens with zero attached hydrogens (tertiary/aromatic N) is 1. The van der Waals surface area contributed by atoms with Crippen molar-refractivity contribution in [1.82, 2.24) is 4.98 Å². The van der Waals surface area contributed by atoms with Crippen molar-refractivity contribution in [3.8, 4) is 11.5 Å². The summed E-state index contributed by atoms with van der Waals surface area (Å²) in [4.78, 5) is 16.4. The number of hydrogen-bond donors (Lipinski definition) is 2. The average molecular weight is 411 g/mol. The summed E-state index contributed by atoms with van der Waals surface area (Å²) in [6, 6.07) is 17.8. The van der Waals surface area contributed by atoms with E-state index in [2.05, 4.69) is 15.0 Å². The fourth-order valence-electron chi connectivity index (χ4n) is 2.71. The molecule has 2 aromatic carbocycles. The number of fused-ring (bicyclic) bond motifs is 1. The Bertz CT molecular complexity index is 1120. The summed E-state index contributed by atoms with van der Waals surface area (Å²) in [6.07, 6.45) is 0.686. The Morgan fingerprint density at radius 2 is 1.69 bits per heavy atom. The summed E-state index contributed by atoms with van der Waals surface area (Å²) in [5, 5.41) is 2.70. The molecule has 4 rings (SSSR count). The molecule has 29 heavy (non-hydrogen) atoms. The van der Waals surface area contributed by atoms with Crippen LogP contribution in [0.4, 0.5) is 11.5 Å². The third-order valence-corrected chi connectivity index (χ3v) is 5.51. The minimum Gasteiger partial charge on any atom is -0.485 e. The largest absolute Gasteiger partial charge is 0.485 e. The van der Waals surface area contributed by atoms with Gasteiger partial charge < -0.3 is 14.8 Å². The number of sulfonamides is 1. The molecule has 8 nitrogen and oxygen atoms in total. The van der Waals surface area contributed by atoms with Crippen molar-refractivity contribution >= 4 is 27.4 Å². The van der Waals surface area contributed by atoms with Crippen LogP contribution in [-0.4, -0.2) is 32.0 Å². The number of hydrogen-bond acceptors (Lipinski definition) is 6. The second-order valence-electron chi connectivity index (χ2n) is 6.20. The fourth-order valence-corrected chi connectivity index (χ4v) is 3.72. The van der Waals surface area contributed by atoms with Crippen LogP contribution in [0.25, 0.3) is 0 Å². The van der Waals surface area contributed by atoms with Gasteiger partial charge in [0.1, 0.15) is 12.4 Å². The first-order valence-corrected chi connectivity index (χ1v) is 10.2. The molecule has 0 saturated carbocycles. The molecular formula is C20H17N3O5S. The number of rotatable bonds is 5. The van der Waals surface area contributed by atoms with Crippen molar-refractivity contribution in [2.75, 3.05) is 16.6 Å². The van der Waals surface area contributed by atoms with Crippen LogP contribution < -0.4 is 19.5 Å². The zero-order valence-electron chi connectivity index (χ0n) is 15.1. The maximum atomic E-state index is 12.4. The minimum atomic E-state index is -3.78. The van der Waals surface area contributed by atoms with Crippen LogP contribution in [-0.2, 0) is 14.8 Å². The highest BCUT2D eigenvalue weighted by Crippen LogP contribution is 2.31. The van der Waals surface area contributed by atoms with Gasteiger partial charge in [0.25, 0.3) is 15.9 Å². The molecule has 1 amide bonds. The first-order valence-electron chi connectivity index (χ1n) is 8.74. The number of anilines is 2. The standard InChI is InChI=1S/C20H17N3O5S/c24-20(18-13-27-16-5-1-2-6-17(16)28-18)22-14-8-10-15(11-9-14)29(25,26)23-19-7-3-4-12-21-19/h1-12,18H,13H2,(H,21,23)(H,22,24). The molecule has 0 bridgehead atoms. The molecule has 1 aliphatic heterocycles. The van der Waals surface area contributed by atoms with Gasteiger partial charge in [0, 0.05) is 11.9 Å². The second kappa shape index (κ2) is 7.80. The molecule has 9 heteroatoms. The van der Waals surface area contributed by atoms with Gasteiger partial charge in [0.15, 0.2) is 11.5 Å². The van der Waals surface area contributed by atoms with Gasteiger partial charge in [-0.15, -0.1) is 0 Å². The Morgan fingerprint density at radius 3 is 2.41 bits per heavy atom. The van der Waals surface area contributed by atoms with Crippen LogP contribution in [0.2, 0.25) is 0 Å². The molecule has 0 saturated heterocycles. The summed E-state index contributed by atoms with van der Waals surface area (Å²) in [7, 11) is -3.78. The van der Waals surface area contributed by atoms with Crippen molar-refractivity contribution in [3.05, 3.63) is 72.9 Å². The Kier molecular flexibility index (Phi) is 5.05. The highest BCUT2D eigenvalue weighted by atomic mass is 32.2. The molecule has 1 aromatic heterocycles. The molecule has 0 fully saturated rings. The average Bonchev–Trinajstić information content (AvgIpc) is 2.74. The Hall–Kier alpha value is -3.59. The van der Waals surface area contributed by atoms with Crippen LogP contribution >= 0.6 is 0 Å². The van der Waals surface area contributed by atoms with Crippen molar-refractivity contribution in [2.24, 2.45) is 0 Å². The smallest absolute Gasteiger partial charge is 0.269 e. The van der Waals surface area contributed by atoms with Gasteiger partial charge in [-0.05, 0) is 48.5 Å². The van der Waals surface area contributed by atoms with E-state index < -0.39 is 16.1 Å². The molecule has 0 radical (unpaired) electrons. The number of carbonyl (C=O) groups is 1. The van der Waals surface area contributed by atoms with Crippen LogP contribution in [0, 0.1) is 0 Å². The van der Waals surface area contributed by atoms with Gasteiger partial charge in [-0.3, -0.25) is 9.52 Å². The number of pyridine rings is 1. The van der Waals surface area contributed by atoms with Crippen molar-refractivity contribution < 1.29 is 22.7 Å². The van der Waals surface area contributed by atoms with Crippen LogP contribution in [0.3, 0.4) is 0 Å². The van der Waals surface area contributed by atoms with E-state index in [1.54, 1.807) is 36.4 Å². The quantitative estimate of drug-likeness (QED) is 0.669. The Labute approximate surface area is 167 Å². The summed E-state index contributed by atoms with van der Waals surface area (Å²) in [5.41, 5.74) is 0.439. The minimum absolute atomic E-state index is 0.0485. The van der Waals surface area contributed by atoms with E-state index in [1.807, 2.05) is 6.07 Å². The first-order chi connectivity index (χ1) is 14.0. The molecule has 2 heterocycles. The number of benzene rings is 2. The summed E-state index contributed by atoms with van der Waals surface area (Å²) < 4.78 is 38.4. The topological polar surface area (TPSA) is 107 Å². The van der Waals surface area contributed by atoms with Crippen LogP contribution in [0.15, 0.2) is 77.8 Å². The highest BCUT2D eigenvalue weighted by Gasteiger charge is 2.27. The van der Waals surface area contributed by atoms with Gasteiger partial charge in [-0.25, -0.2) is 13.4 Å². The predicted octanol–water partition coefficient (Wildman–Crippen LogP) is 2.66. The normalized spacial score (nSPS) is 15.4. The van der Waals surface area contributed by atoms with Crippen molar-refractivity contribution in [3.63, 3.8) is 0 Å². The van der Waals surface area contributed by atoms with E-state index in [0.29, 0.717) is 17.2 Å². The van der Waals surface area contributed by atoms with E-state index in [4.69, 9.17) is 9.47 Å². The summed E-state index contributed by atoms with van der Waals surface area (Å²) in [6.45, 7) is 0.0866. The monoisotopic (exact) mass is 411 g/mol. The molecule has 1 aliphatic rings. The summed E-state index contributed by atoms with van der Waals surface area (Å²) in [5.74, 6) is 0.925. The third-order valence-electron chi connectivity index (χ3n) is 4.14. The van der Waals surface area contributed by atoms with Crippen LogP contribution in [0.1, 0.15) is 0 Å². The zero-order chi connectivity index (χ0) is 20.3. The number of ether oxygens (including phenoxy) is 2.